The normalized spacial score (nSPS) is 21.2. The van der Waals surface area contributed by atoms with E-state index in [4.69, 9.17) is 4.99 Å². The lowest BCUT2D eigenvalue weighted by atomic mass is 10.0. The fraction of sp³-hybridized carbons (Fsp3) is 0.889. The number of hydrogen-bond acceptors (Lipinski definition) is 2. The van der Waals surface area contributed by atoms with Gasteiger partial charge < -0.3 is 5.11 Å². The molecule has 0 bridgehead atoms. The third-order valence-corrected chi connectivity index (χ3v) is 7.01. The zero-order chi connectivity index (χ0) is 21.8. The Labute approximate surface area is 188 Å². The number of quaternary nitrogens is 1. The van der Waals surface area contributed by atoms with E-state index in [2.05, 4.69) is 32.2 Å². The van der Waals surface area contributed by atoms with Gasteiger partial charge in [-0.05, 0) is 26.2 Å². The third kappa shape index (κ3) is 12.2. The molecule has 1 rings (SSSR count). The van der Waals surface area contributed by atoms with Crippen molar-refractivity contribution in [2.24, 2.45) is 4.99 Å². The number of aliphatic hydroxyl groups is 1. The largest absolute Gasteiger partial charge is 0.391 e. The number of aliphatic imine (C=N–C) groups is 1. The molecule has 1 heterocycles. The van der Waals surface area contributed by atoms with Crippen LogP contribution in [-0.4, -0.2) is 48.2 Å². The van der Waals surface area contributed by atoms with Gasteiger partial charge in [0.2, 0.25) is 0 Å². The van der Waals surface area contributed by atoms with Crippen molar-refractivity contribution in [3.05, 3.63) is 12.2 Å². The highest BCUT2D eigenvalue weighted by Crippen LogP contribution is 2.23. The average Bonchev–Trinajstić information content (AvgIpc) is 3.16. The predicted octanol–water partition coefficient (Wildman–Crippen LogP) is 7.43. The van der Waals surface area contributed by atoms with Gasteiger partial charge in [0.15, 0.2) is 6.17 Å². The standard InChI is InChI=1S/C27H53N2O/c1-3-5-6-7-8-9-10-11-12-13-14-15-16-17-18-19-20-21-22-27-28-23-24-29(27,4-2)25-26-30/h19-20,23,27,30H,3-18,21-22,24-26H2,1-2H3/q+1/b20-19+. The van der Waals surface area contributed by atoms with Crippen molar-refractivity contribution in [2.75, 3.05) is 26.2 Å². The second-order valence-electron chi connectivity index (χ2n) is 9.41. The van der Waals surface area contributed by atoms with Crippen LogP contribution in [0.5, 0.6) is 0 Å². The lowest BCUT2D eigenvalue weighted by Crippen LogP contribution is -2.53. The van der Waals surface area contributed by atoms with Gasteiger partial charge in [-0.25, -0.2) is 4.99 Å². The molecule has 0 spiro atoms. The highest BCUT2D eigenvalue weighted by atomic mass is 16.3. The summed E-state index contributed by atoms with van der Waals surface area (Å²) < 4.78 is 0.948. The maximum Gasteiger partial charge on any atom is 0.183 e. The number of unbranched alkanes of at least 4 members (excludes halogenated alkanes) is 14. The molecule has 1 aliphatic rings. The van der Waals surface area contributed by atoms with Crippen LogP contribution >= 0.6 is 0 Å². The van der Waals surface area contributed by atoms with E-state index in [0.29, 0.717) is 6.17 Å². The van der Waals surface area contributed by atoms with E-state index in [0.717, 1.165) is 37.0 Å². The first-order valence-electron chi connectivity index (χ1n) is 13.4. The average molecular weight is 422 g/mol. The molecular weight excluding hydrogens is 368 g/mol. The lowest BCUT2D eigenvalue weighted by molar-refractivity contribution is -0.936. The summed E-state index contributed by atoms with van der Waals surface area (Å²) in [6, 6.07) is 0. The molecule has 0 aromatic heterocycles. The second kappa shape index (κ2) is 19.0. The Morgan fingerprint density at radius 3 is 1.87 bits per heavy atom. The zero-order valence-corrected chi connectivity index (χ0v) is 20.5. The molecule has 3 heteroatoms. The summed E-state index contributed by atoms with van der Waals surface area (Å²) in [6.07, 6.45) is 30.6. The second-order valence-corrected chi connectivity index (χ2v) is 9.41. The molecule has 176 valence electrons. The van der Waals surface area contributed by atoms with Gasteiger partial charge in [0.25, 0.3) is 0 Å². The molecule has 0 aromatic carbocycles. The molecule has 1 aliphatic heterocycles. The summed E-state index contributed by atoms with van der Waals surface area (Å²) in [7, 11) is 0. The first-order chi connectivity index (χ1) is 14.8. The molecule has 0 aromatic rings. The number of nitrogens with zero attached hydrogens (tertiary/aromatic N) is 2. The minimum absolute atomic E-state index is 0.267. The van der Waals surface area contributed by atoms with Crippen LogP contribution in [0.3, 0.4) is 0 Å². The van der Waals surface area contributed by atoms with Gasteiger partial charge in [-0.3, -0.25) is 4.48 Å². The van der Waals surface area contributed by atoms with Gasteiger partial charge in [-0.2, -0.15) is 0 Å². The first kappa shape index (κ1) is 27.4. The predicted molar refractivity (Wildman–Crippen MR) is 133 cm³/mol. The molecule has 30 heavy (non-hydrogen) atoms. The van der Waals surface area contributed by atoms with Gasteiger partial charge in [-0.1, -0.05) is 103 Å². The van der Waals surface area contributed by atoms with Gasteiger partial charge >= 0.3 is 0 Å². The first-order valence-corrected chi connectivity index (χ1v) is 13.4. The Hall–Kier alpha value is -0.670. The summed E-state index contributed by atoms with van der Waals surface area (Å²) in [5.41, 5.74) is 0. The fourth-order valence-corrected chi connectivity index (χ4v) is 4.82. The van der Waals surface area contributed by atoms with Gasteiger partial charge in [0, 0.05) is 6.42 Å². The molecule has 1 N–H and O–H groups in total. The van der Waals surface area contributed by atoms with Crippen LogP contribution in [0.4, 0.5) is 0 Å². The maximum atomic E-state index is 9.38. The summed E-state index contributed by atoms with van der Waals surface area (Å²) in [5, 5.41) is 9.38. The van der Waals surface area contributed by atoms with Crippen LogP contribution in [0.1, 0.15) is 123 Å². The number of allylic oxidation sites excluding steroid dienone is 2. The van der Waals surface area contributed by atoms with E-state index in [1.807, 2.05) is 0 Å². The van der Waals surface area contributed by atoms with Crippen molar-refractivity contribution in [3.8, 4) is 0 Å². The summed E-state index contributed by atoms with van der Waals surface area (Å²) in [5.74, 6) is 0. The van der Waals surface area contributed by atoms with Crippen molar-refractivity contribution in [1.29, 1.82) is 0 Å². The molecule has 0 radical (unpaired) electrons. The molecule has 0 aliphatic carbocycles. The Kier molecular flexibility index (Phi) is 17.4. The number of aliphatic hydroxyl groups excluding tert-OH is 1. The molecule has 2 atom stereocenters. The summed E-state index contributed by atoms with van der Waals surface area (Å²) in [4.78, 5) is 4.69. The van der Waals surface area contributed by atoms with Crippen LogP contribution in [0, 0.1) is 0 Å². The Morgan fingerprint density at radius 2 is 1.33 bits per heavy atom. The SMILES string of the molecule is CCCCCCCCCCCCCCCC/C=C/CCC1N=CC[N+]1(CC)CCO. The number of rotatable bonds is 21. The smallest absolute Gasteiger partial charge is 0.183 e. The van der Waals surface area contributed by atoms with E-state index in [1.54, 1.807) is 0 Å². The van der Waals surface area contributed by atoms with E-state index >= 15 is 0 Å². The summed E-state index contributed by atoms with van der Waals surface area (Å²) in [6.45, 7) is 7.68. The third-order valence-electron chi connectivity index (χ3n) is 7.01. The van der Waals surface area contributed by atoms with Crippen molar-refractivity contribution < 1.29 is 9.59 Å². The van der Waals surface area contributed by atoms with Crippen LogP contribution in [0.15, 0.2) is 17.1 Å². The Bertz CT molecular complexity index is 435. The van der Waals surface area contributed by atoms with Gasteiger partial charge in [0.05, 0.1) is 19.4 Å². The van der Waals surface area contributed by atoms with Crippen molar-refractivity contribution in [2.45, 2.75) is 129 Å². The highest BCUT2D eigenvalue weighted by molar-refractivity contribution is 5.60. The minimum Gasteiger partial charge on any atom is -0.391 e. The van der Waals surface area contributed by atoms with Crippen molar-refractivity contribution >= 4 is 6.21 Å². The van der Waals surface area contributed by atoms with E-state index in [-0.39, 0.29) is 6.61 Å². The highest BCUT2D eigenvalue weighted by Gasteiger charge is 2.36. The maximum absolute atomic E-state index is 9.38. The molecule has 0 fully saturated rings. The Balaban J connectivity index is 1.87. The molecule has 2 unspecified atom stereocenters. The topological polar surface area (TPSA) is 32.6 Å². The molecule has 0 saturated heterocycles. The van der Waals surface area contributed by atoms with E-state index in [9.17, 15) is 5.11 Å². The van der Waals surface area contributed by atoms with E-state index < -0.39 is 0 Å². The van der Waals surface area contributed by atoms with Crippen LogP contribution in [0.2, 0.25) is 0 Å². The van der Waals surface area contributed by atoms with Gasteiger partial charge in [-0.15, -0.1) is 0 Å². The fourth-order valence-electron chi connectivity index (χ4n) is 4.82. The number of likely N-dealkylation sites (N-methyl/N-ethyl adjacent to an activating group) is 1. The zero-order valence-electron chi connectivity index (χ0n) is 20.5. The van der Waals surface area contributed by atoms with Crippen LogP contribution < -0.4 is 0 Å². The molecular formula is C27H53N2O+. The quantitative estimate of drug-likeness (QED) is 0.117. The van der Waals surface area contributed by atoms with Crippen LogP contribution in [-0.2, 0) is 0 Å². The minimum atomic E-state index is 0.267. The van der Waals surface area contributed by atoms with Crippen molar-refractivity contribution in [3.63, 3.8) is 0 Å². The molecule has 0 amide bonds. The van der Waals surface area contributed by atoms with Gasteiger partial charge in [0.1, 0.15) is 13.1 Å². The van der Waals surface area contributed by atoms with Crippen LogP contribution in [0.25, 0.3) is 0 Å². The van der Waals surface area contributed by atoms with Crippen molar-refractivity contribution in [1.82, 2.24) is 0 Å². The molecule has 3 nitrogen and oxygen atoms in total. The summed E-state index contributed by atoms with van der Waals surface area (Å²) >= 11 is 0. The number of hydrogen-bond donors (Lipinski definition) is 1. The Morgan fingerprint density at radius 1 is 0.800 bits per heavy atom. The van der Waals surface area contributed by atoms with E-state index in [1.165, 1.54) is 96.3 Å². The molecule has 0 saturated carbocycles. The lowest BCUT2D eigenvalue weighted by Gasteiger charge is -2.37. The monoisotopic (exact) mass is 421 g/mol.